The van der Waals surface area contributed by atoms with Gasteiger partial charge in [-0.05, 0) is 57.2 Å². The van der Waals surface area contributed by atoms with Crippen molar-refractivity contribution >= 4 is 11.7 Å². The van der Waals surface area contributed by atoms with Crippen molar-refractivity contribution in [3.8, 4) is 0 Å². The molecule has 1 N–H and O–H groups in total. The molecule has 2 rings (SSSR count). The Labute approximate surface area is 115 Å². The van der Waals surface area contributed by atoms with Gasteiger partial charge in [-0.2, -0.15) is 0 Å². The van der Waals surface area contributed by atoms with E-state index >= 15 is 0 Å². The molecule has 1 heterocycles. The van der Waals surface area contributed by atoms with Gasteiger partial charge in [-0.25, -0.2) is 0 Å². The monoisotopic (exact) mass is 261 g/mol. The number of carbonyl (C=O) groups is 1. The van der Waals surface area contributed by atoms with E-state index in [-0.39, 0.29) is 17.9 Å². The summed E-state index contributed by atoms with van der Waals surface area (Å²) in [6.07, 6.45) is 1.21. The molecule has 1 saturated heterocycles. The lowest BCUT2D eigenvalue weighted by molar-refractivity contribution is -0.138. The molecular weight excluding hydrogens is 238 g/mol. The highest BCUT2D eigenvalue weighted by atomic mass is 16.4. The summed E-state index contributed by atoms with van der Waals surface area (Å²) in [6.45, 7) is 9.48. The van der Waals surface area contributed by atoms with Crippen molar-refractivity contribution in [2.75, 3.05) is 11.4 Å². The second-order valence-corrected chi connectivity index (χ2v) is 6.18. The van der Waals surface area contributed by atoms with Gasteiger partial charge in [0.1, 0.15) is 0 Å². The molecule has 1 aliphatic heterocycles. The number of carboxylic acids is 1. The standard InChI is InChI=1S/C16H23NO2/c1-11-5-6-12(2)14(9-11)17-8-7-13(10-15(18)19)16(17,3)4/h5-6,9,13H,7-8,10H2,1-4H3,(H,18,19). The number of hydrogen-bond acceptors (Lipinski definition) is 2. The lowest BCUT2D eigenvalue weighted by Crippen LogP contribution is -2.43. The van der Waals surface area contributed by atoms with Gasteiger partial charge in [-0.1, -0.05) is 12.1 Å². The molecule has 3 nitrogen and oxygen atoms in total. The van der Waals surface area contributed by atoms with Gasteiger partial charge >= 0.3 is 5.97 Å². The van der Waals surface area contributed by atoms with Crippen LogP contribution < -0.4 is 4.90 Å². The minimum absolute atomic E-state index is 0.100. The Kier molecular flexibility index (Phi) is 3.57. The molecule has 0 aromatic heterocycles. The lowest BCUT2D eigenvalue weighted by Gasteiger charge is -2.38. The van der Waals surface area contributed by atoms with Crippen LogP contribution in [0, 0.1) is 19.8 Å². The smallest absolute Gasteiger partial charge is 0.303 e. The zero-order valence-electron chi connectivity index (χ0n) is 12.2. The Bertz CT molecular complexity index is 494. The van der Waals surface area contributed by atoms with Gasteiger partial charge in [-0.15, -0.1) is 0 Å². The van der Waals surface area contributed by atoms with Gasteiger partial charge in [0, 0.05) is 17.8 Å². The predicted octanol–water partition coefficient (Wildman–Crippen LogP) is 3.38. The zero-order chi connectivity index (χ0) is 14.2. The molecule has 1 atom stereocenters. The highest BCUT2D eigenvalue weighted by molar-refractivity contribution is 5.68. The number of aliphatic carboxylic acids is 1. The van der Waals surface area contributed by atoms with Crippen LogP contribution in [-0.4, -0.2) is 23.2 Å². The number of hydrogen-bond donors (Lipinski definition) is 1. The van der Waals surface area contributed by atoms with Gasteiger partial charge in [0.15, 0.2) is 0 Å². The Hall–Kier alpha value is -1.51. The summed E-state index contributed by atoms with van der Waals surface area (Å²) in [7, 11) is 0. The summed E-state index contributed by atoms with van der Waals surface area (Å²) in [5.74, 6) is -0.481. The topological polar surface area (TPSA) is 40.5 Å². The molecular formula is C16H23NO2. The highest BCUT2D eigenvalue weighted by Gasteiger charge is 2.42. The molecule has 0 aliphatic carbocycles. The summed E-state index contributed by atoms with van der Waals surface area (Å²) < 4.78 is 0. The van der Waals surface area contributed by atoms with E-state index in [9.17, 15) is 4.79 Å². The zero-order valence-corrected chi connectivity index (χ0v) is 12.2. The van der Waals surface area contributed by atoms with E-state index < -0.39 is 5.97 Å². The molecule has 0 saturated carbocycles. The summed E-state index contributed by atoms with van der Waals surface area (Å²) in [5, 5.41) is 9.04. The van der Waals surface area contributed by atoms with Crippen molar-refractivity contribution in [3.63, 3.8) is 0 Å². The predicted molar refractivity (Wildman–Crippen MR) is 77.7 cm³/mol. The van der Waals surface area contributed by atoms with Gasteiger partial charge in [0.2, 0.25) is 0 Å². The van der Waals surface area contributed by atoms with E-state index in [0.717, 1.165) is 13.0 Å². The normalized spacial score (nSPS) is 21.7. The molecule has 0 amide bonds. The Morgan fingerprint density at radius 3 is 2.74 bits per heavy atom. The summed E-state index contributed by atoms with van der Waals surface area (Å²) >= 11 is 0. The van der Waals surface area contributed by atoms with Crippen molar-refractivity contribution in [1.82, 2.24) is 0 Å². The van der Waals surface area contributed by atoms with Crippen LogP contribution in [0.25, 0.3) is 0 Å². The third-order valence-electron chi connectivity index (χ3n) is 4.47. The van der Waals surface area contributed by atoms with Crippen LogP contribution in [0.2, 0.25) is 0 Å². The first-order valence-corrected chi connectivity index (χ1v) is 6.89. The fraction of sp³-hybridized carbons (Fsp3) is 0.562. The lowest BCUT2D eigenvalue weighted by atomic mass is 9.85. The first kappa shape index (κ1) is 13.9. The maximum Gasteiger partial charge on any atom is 0.303 e. The summed E-state index contributed by atoms with van der Waals surface area (Å²) in [5.41, 5.74) is 3.65. The van der Waals surface area contributed by atoms with Crippen LogP contribution >= 0.6 is 0 Å². The van der Waals surface area contributed by atoms with E-state index in [0.29, 0.717) is 0 Å². The highest BCUT2D eigenvalue weighted by Crippen LogP contribution is 2.41. The van der Waals surface area contributed by atoms with Crippen molar-refractivity contribution in [1.29, 1.82) is 0 Å². The van der Waals surface area contributed by atoms with Gasteiger partial charge < -0.3 is 10.0 Å². The molecule has 1 unspecified atom stereocenters. The van der Waals surface area contributed by atoms with Gasteiger partial charge in [0.05, 0.1) is 6.42 Å². The number of aryl methyl sites for hydroxylation is 2. The van der Waals surface area contributed by atoms with Crippen LogP contribution in [-0.2, 0) is 4.79 Å². The minimum Gasteiger partial charge on any atom is -0.481 e. The number of benzene rings is 1. The molecule has 0 bridgehead atoms. The average Bonchev–Trinajstić information content (AvgIpc) is 2.58. The van der Waals surface area contributed by atoms with E-state index in [1.165, 1.54) is 16.8 Å². The molecule has 1 aromatic carbocycles. The first-order chi connectivity index (χ1) is 8.82. The maximum atomic E-state index is 11.0. The van der Waals surface area contributed by atoms with Crippen LogP contribution in [0.1, 0.15) is 37.8 Å². The Morgan fingerprint density at radius 2 is 2.11 bits per heavy atom. The third-order valence-corrected chi connectivity index (χ3v) is 4.47. The first-order valence-electron chi connectivity index (χ1n) is 6.89. The molecule has 104 valence electrons. The molecule has 0 spiro atoms. The number of rotatable bonds is 3. The van der Waals surface area contributed by atoms with Gasteiger partial charge in [0.25, 0.3) is 0 Å². The molecule has 3 heteroatoms. The Balaban J connectivity index is 2.31. The fourth-order valence-electron chi connectivity index (χ4n) is 3.15. The summed E-state index contributed by atoms with van der Waals surface area (Å²) in [4.78, 5) is 13.4. The largest absolute Gasteiger partial charge is 0.481 e. The fourth-order valence-corrected chi connectivity index (χ4v) is 3.15. The average molecular weight is 261 g/mol. The van der Waals surface area contributed by atoms with Crippen LogP contribution in [0.5, 0.6) is 0 Å². The minimum atomic E-state index is -0.694. The van der Waals surface area contributed by atoms with Gasteiger partial charge in [-0.3, -0.25) is 4.79 Å². The van der Waals surface area contributed by atoms with Crippen molar-refractivity contribution in [2.45, 2.75) is 46.1 Å². The summed E-state index contributed by atoms with van der Waals surface area (Å²) in [6, 6.07) is 6.47. The van der Waals surface area contributed by atoms with E-state index in [2.05, 4.69) is 50.8 Å². The molecule has 1 fully saturated rings. The molecule has 0 radical (unpaired) electrons. The molecule has 19 heavy (non-hydrogen) atoms. The van der Waals surface area contributed by atoms with E-state index in [4.69, 9.17) is 5.11 Å². The number of anilines is 1. The van der Waals surface area contributed by atoms with Crippen molar-refractivity contribution < 1.29 is 9.90 Å². The van der Waals surface area contributed by atoms with E-state index in [1.807, 2.05) is 0 Å². The molecule has 1 aliphatic rings. The number of nitrogens with zero attached hydrogens (tertiary/aromatic N) is 1. The van der Waals surface area contributed by atoms with Crippen LogP contribution in [0.3, 0.4) is 0 Å². The second kappa shape index (κ2) is 4.87. The van der Waals surface area contributed by atoms with E-state index in [1.54, 1.807) is 0 Å². The SMILES string of the molecule is Cc1ccc(C)c(N2CCC(CC(=O)O)C2(C)C)c1. The van der Waals surface area contributed by atoms with Crippen LogP contribution in [0.4, 0.5) is 5.69 Å². The van der Waals surface area contributed by atoms with Crippen molar-refractivity contribution in [3.05, 3.63) is 29.3 Å². The quantitative estimate of drug-likeness (QED) is 0.906. The van der Waals surface area contributed by atoms with Crippen molar-refractivity contribution in [2.24, 2.45) is 5.92 Å². The maximum absolute atomic E-state index is 11.0. The Morgan fingerprint density at radius 1 is 1.42 bits per heavy atom. The second-order valence-electron chi connectivity index (χ2n) is 6.18. The third kappa shape index (κ3) is 2.60. The molecule has 1 aromatic rings. The van der Waals surface area contributed by atoms with Crippen LogP contribution in [0.15, 0.2) is 18.2 Å². The number of carboxylic acid groups (broad SMARTS) is 1.